The lowest BCUT2D eigenvalue weighted by Gasteiger charge is -2.15. The molecule has 1 N–H and O–H groups in total. The Kier molecular flexibility index (Phi) is 4.94. The maximum absolute atomic E-state index is 12.1. The van der Waals surface area contributed by atoms with Crippen LogP contribution in [-0.4, -0.2) is 18.2 Å². The SMILES string of the molecule is CNC(CCCC(F)(F)F)c1sc(C)nc1C. The van der Waals surface area contributed by atoms with Crippen molar-refractivity contribution in [2.24, 2.45) is 0 Å². The smallest absolute Gasteiger partial charge is 0.312 e. The molecule has 1 heterocycles. The Hall–Kier alpha value is -0.620. The summed E-state index contributed by atoms with van der Waals surface area (Å²) in [6.45, 7) is 3.80. The fraction of sp³-hybridized carbons (Fsp3) is 0.727. The molecule has 0 radical (unpaired) electrons. The molecule has 0 aliphatic heterocycles. The van der Waals surface area contributed by atoms with Gasteiger partial charge in [0.15, 0.2) is 0 Å². The van der Waals surface area contributed by atoms with E-state index in [1.54, 1.807) is 18.4 Å². The molecule has 98 valence electrons. The highest BCUT2D eigenvalue weighted by Gasteiger charge is 2.27. The molecular weight excluding hydrogens is 249 g/mol. The van der Waals surface area contributed by atoms with Gasteiger partial charge in [-0.1, -0.05) is 0 Å². The zero-order valence-electron chi connectivity index (χ0n) is 10.2. The Labute approximate surface area is 103 Å². The van der Waals surface area contributed by atoms with E-state index in [0.29, 0.717) is 6.42 Å². The summed E-state index contributed by atoms with van der Waals surface area (Å²) in [7, 11) is 1.77. The average Bonchev–Trinajstić information content (AvgIpc) is 2.51. The number of hydrogen-bond donors (Lipinski definition) is 1. The second kappa shape index (κ2) is 5.82. The van der Waals surface area contributed by atoms with E-state index in [4.69, 9.17) is 0 Å². The first-order valence-corrected chi connectivity index (χ1v) is 6.33. The molecule has 17 heavy (non-hydrogen) atoms. The van der Waals surface area contributed by atoms with Gasteiger partial charge in [-0.15, -0.1) is 11.3 Å². The van der Waals surface area contributed by atoms with E-state index >= 15 is 0 Å². The van der Waals surface area contributed by atoms with Crippen LogP contribution in [0.4, 0.5) is 13.2 Å². The van der Waals surface area contributed by atoms with Gasteiger partial charge in [-0.3, -0.25) is 0 Å². The number of alkyl halides is 3. The molecule has 0 saturated carbocycles. The van der Waals surface area contributed by atoms with Crippen LogP contribution in [0.25, 0.3) is 0 Å². The third-order valence-corrected chi connectivity index (χ3v) is 3.74. The summed E-state index contributed by atoms with van der Waals surface area (Å²) < 4.78 is 36.2. The maximum atomic E-state index is 12.1. The first-order valence-electron chi connectivity index (χ1n) is 5.51. The van der Waals surface area contributed by atoms with Gasteiger partial charge in [0.2, 0.25) is 0 Å². The Morgan fingerprint density at radius 2 is 2.00 bits per heavy atom. The fourth-order valence-electron chi connectivity index (χ4n) is 1.78. The zero-order chi connectivity index (χ0) is 13.1. The fourth-order valence-corrected chi connectivity index (χ4v) is 2.86. The third kappa shape index (κ3) is 4.63. The number of rotatable bonds is 5. The highest BCUT2D eigenvalue weighted by atomic mass is 32.1. The summed E-state index contributed by atoms with van der Waals surface area (Å²) >= 11 is 1.55. The molecule has 0 aliphatic rings. The van der Waals surface area contributed by atoms with Crippen LogP contribution in [0.1, 0.15) is 40.9 Å². The highest BCUT2D eigenvalue weighted by molar-refractivity contribution is 7.11. The van der Waals surface area contributed by atoms with Crippen molar-refractivity contribution in [1.82, 2.24) is 10.3 Å². The summed E-state index contributed by atoms with van der Waals surface area (Å²) in [6, 6.07) is -0.0245. The predicted octanol–water partition coefficient (Wildman–Crippen LogP) is 3.75. The molecule has 1 aromatic rings. The number of thiazole rings is 1. The lowest BCUT2D eigenvalue weighted by atomic mass is 10.1. The van der Waals surface area contributed by atoms with E-state index in [-0.39, 0.29) is 12.5 Å². The van der Waals surface area contributed by atoms with Gasteiger partial charge in [-0.2, -0.15) is 13.2 Å². The monoisotopic (exact) mass is 266 g/mol. The van der Waals surface area contributed by atoms with Gasteiger partial charge in [-0.25, -0.2) is 4.98 Å². The molecule has 1 rings (SSSR count). The van der Waals surface area contributed by atoms with Crippen LogP contribution < -0.4 is 5.32 Å². The minimum atomic E-state index is -4.06. The van der Waals surface area contributed by atoms with Crippen LogP contribution in [0, 0.1) is 13.8 Å². The van der Waals surface area contributed by atoms with Crippen LogP contribution in [-0.2, 0) is 0 Å². The van der Waals surface area contributed by atoms with Gasteiger partial charge < -0.3 is 5.32 Å². The standard InChI is InChI=1S/C11H17F3N2S/c1-7-10(17-8(2)16-7)9(15-3)5-4-6-11(12,13)14/h9,15H,4-6H2,1-3H3. The van der Waals surface area contributed by atoms with Crippen molar-refractivity contribution in [3.8, 4) is 0 Å². The molecule has 1 unspecified atom stereocenters. The number of halogens is 3. The van der Waals surface area contributed by atoms with Crippen molar-refractivity contribution in [3.05, 3.63) is 15.6 Å². The van der Waals surface area contributed by atoms with E-state index < -0.39 is 12.6 Å². The highest BCUT2D eigenvalue weighted by Crippen LogP contribution is 2.30. The topological polar surface area (TPSA) is 24.9 Å². The summed E-state index contributed by atoms with van der Waals surface area (Å²) in [5.41, 5.74) is 0.916. The summed E-state index contributed by atoms with van der Waals surface area (Å²) in [5, 5.41) is 4.01. The Morgan fingerprint density at radius 3 is 2.41 bits per heavy atom. The summed E-state index contributed by atoms with van der Waals surface area (Å²) in [6.07, 6.45) is -4.15. The van der Waals surface area contributed by atoms with E-state index in [1.165, 1.54) is 0 Å². The van der Waals surface area contributed by atoms with Crippen molar-refractivity contribution < 1.29 is 13.2 Å². The largest absolute Gasteiger partial charge is 0.389 e. The number of hydrogen-bond acceptors (Lipinski definition) is 3. The van der Waals surface area contributed by atoms with Gasteiger partial charge in [0.25, 0.3) is 0 Å². The lowest BCUT2D eigenvalue weighted by Crippen LogP contribution is -2.17. The second-order valence-corrected chi connectivity index (χ2v) is 5.27. The van der Waals surface area contributed by atoms with Crippen molar-refractivity contribution in [2.45, 2.75) is 45.3 Å². The van der Waals surface area contributed by atoms with E-state index in [1.807, 2.05) is 13.8 Å². The molecule has 0 amide bonds. The molecule has 0 fully saturated rings. The molecule has 0 aromatic carbocycles. The molecule has 0 bridgehead atoms. The molecule has 2 nitrogen and oxygen atoms in total. The Morgan fingerprint density at radius 1 is 1.35 bits per heavy atom. The molecule has 0 spiro atoms. The summed E-state index contributed by atoms with van der Waals surface area (Å²) in [5.74, 6) is 0. The third-order valence-electron chi connectivity index (χ3n) is 2.56. The number of aromatic nitrogens is 1. The van der Waals surface area contributed by atoms with Crippen LogP contribution in [0.5, 0.6) is 0 Å². The first kappa shape index (κ1) is 14.4. The second-order valence-electron chi connectivity index (χ2n) is 4.03. The number of aryl methyl sites for hydroxylation is 2. The van der Waals surface area contributed by atoms with Crippen molar-refractivity contribution in [1.29, 1.82) is 0 Å². The van der Waals surface area contributed by atoms with Crippen LogP contribution in [0.2, 0.25) is 0 Å². The van der Waals surface area contributed by atoms with E-state index in [9.17, 15) is 13.2 Å². The van der Waals surface area contributed by atoms with Crippen LogP contribution in [0.15, 0.2) is 0 Å². The van der Waals surface area contributed by atoms with Gasteiger partial charge >= 0.3 is 6.18 Å². The van der Waals surface area contributed by atoms with Gasteiger partial charge in [0.05, 0.1) is 10.7 Å². The van der Waals surface area contributed by atoms with Crippen molar-refractivity contribution in [3.63, 3.8) is 0 Å². The molecular formula is C11H17F3N2S. The zero-order valence-corrected chi connectivity index (χ0v) is 11.0. The predicted molar refractivity (Wildman–Crippen MR) is 63.3 cm³/mol. The van der Waals surface area contributed by atoms with Gasteiger partial charge in [0, 0.05) is 17.3 Å². The van der Waals surface area contributed by atoms with E-state index in [0.717, 1.165) is 15.6 Å². The van der Waals surface area contributed by atoms with Gasteiger partial charge in [-0.05, 0) is 33.7 Å². The van der Waals surface area contributed by atoms with Crippen molar-refractivity contribution >= 4 is 11.3 Å². The maximum Gasteiger partial charge on any atom is 0.389 e. The Balaban J connectivity index is 2.57. The van der Waals surface area contributed by atoms with E-state index in [2.05, 4.69) is 10.3 Å². The van der Waals surface area contributed by atoms with Gasteiger partial charge in [0.1, 0.15) is 0 Å². The van der Waals surface area contributed by atoms with Crippen LogP contribution >= 0.6 is 11.3 Å². The molecule has 6 heteroatoms. The van der Waals surface area contributed by atoms with Crippen LogP contribution in [0.3, 0.4) is 0 Å². The summed E-state index contributed by atoms with van der Waals surface area (Å²) in [4.78, 5) is 5.34. The first-order chi connectivity index (χ1) is 7.83. The molecule has 1 atom stereocenters. The van der Waals surface area contributed by atoms with Crippen molar-refractivity contribution in [2.75, 3.05) is 7.05 Å². The Bertz CT molecular complexity index is 360. The number of nitrogens with zero attached hydrogens (tertiary/aromatic N) is 1. The average molecular weight is 266 g/mol. The quantitative estimate of drug-likeness (QED) is 0.878. The molecule has 1 aromatic heterocycles. The minimum Gasteiger partial charge on any atom is -0.312 e. The molecule has 0 aliphatic carbocycles. The normalized spacial score (nSPS) is 14.0. The minimum absolute atomic E-state index is 0.0245. The lowest BCUT2D eigenvalue weighted by molar-refractivity contribution is -0.135. The number of nitrogens with one attached hydrogen (secondary N) is 1. The molecule has 0 saturated heterocycles.